The molecule has 0 bridgehead atoms. The Kier molecular flexibility index (Phi) is 5.02. The van der Waals surface area contributed by atoms with Gasteiger partial charge in [0.15, 0.2) is 0 Å². The van der Waals surface area contributed by atoms with E-state index in [1.165, 1.54) is 0 Å². The van der Waals surface area contributed by atoms with Crippen LogP contribution in [0.1, 0.15) is 15.9 Å². The van der Waals surface area contributed by atoms with Crippen LogP contribution in [0.15, 0.2) is 97.2 Å². The van der Waals surface area contributed by atoms with E-state index >= 15 is 0 Å². The molecule has 0 atom stereocenters. The van der Waals surface area contributed by atoms with Crippen molar-refractivity contribution in [3.8, 4) is 11.3 Å². The molecule has 0 aliphatic rings. The first-order chi connectivity index (χ1) is 13.7. The van der Waals surface area contributed by atoms with E-state index in [9.17, 15) is 4.79 Å². The van der Waals surface area contributed by atoms with Crippen molar-refractivity contribution in [2.75, 3.05) is 11.9 Å². The van der Waals surface area contributed by atoms with Crippen LogP contribution in [0, 0.1) is 0 Å². The van der Waals surface area contributed by atoms with E-state index in [1.54, 1.807) is 11.9 Å². The largest absolute Gasteiger partial charge is 0.311 e. The molecule has 4 aromatic rings. The Balaban J connectivity index is 1.73. The topological polar surface area (TPSA) is 38.1 Å². The van der Waals surface area contributed by atoms with Gasteiger partial charge in [-0.05, 0) is 17.7 Å². The summed E-state index contributed by atoms with van der Waals surface area (Å²) >= 11 is 0. The van der Waals surface area contributed by atoms with Crippen LogP contribution in [0.5, 0.6) is 0 Å². The van der Waals surface area contributed by atoms with E-state index in [4.69, 9.17) is 5.10 Å². The van der Waals surface area contributed by atoms with Crippen LogP contribution < -0.4 is 4.90 Å². The van der Waals surface area contributed by atoms with Crippen LogP contribution in [0.3, 0.4) is 0 Å². The minimum Gasteiger partial charge on any atom is -0.311 e. The molecule has 1 aromatic heterocycles. The van der Waals surface area contributed by atoms with Gasteiger partial charge in [-0.25, -0.2) is 0 Å². The van der Waals surface area contributed by atoms with Crippen LogP contribution in [0.4, 0.5) is 5.69 Å². The maximum Gasteiger partial charge on any atom is 0.261 e. The second-order valence-electron chi connectivity index (χ2n) is 6.64. The zero-order valence-electron chi connectivity index (χ0n) is 15.7. The van der Waals surface area contributed by atoms with E-state index in [0.29, 0.717) is 17.8 Å². The third-order valence-electron chi connectivity index (χ3n) is 4.67. The molecule has 0 saturated carbocycles. The number of para-hydroxylation sites is 1. The summed E-state index contributed by atoms with van der Waals surface area (Å²) in [5, 5.41) is 4.74. The normalized spacial score (nSPS) is 10.6. The third kappa shape index (κ3) is 3.71. The van der Waals surface area contributed by atoms with Crippen molar-refractivity contribution < 1.29 is 4.79 Å². The molecule has 4 heteroatoms. The number of carbonyl (C=O) groups is 1. The second kappa shape index (κ2) is 7.92. The fraction of sp³-hybridized carbons (Fsp3) is 0.0833. The molecule has 0 N–H and O–H groups in total. The fourth-order valence-electron chi connectivity index (χ4n) is 3.19. The number of rotatable bonds is 5. The van der Waals surface area contributed by atoms with Gasteiger partial charge in [0.1, 0.15) is 5.69 Å². The Hall–Kier alpha value is -3.66. The minimum atomic E-state index is -0.0793. The summed E-state index contributed by atoms with van der Waals surface area (Å²) < 4.78 is 1.84. The average molecular weight is 367 g/mol. The van der Waals surface area contributed by atoms with Crippen molar-refractivity contribution in [3.05, 3.63) is 108 Å². The predicted octanol–water partition coefficient (Wildman–Crippen LogP) is 4.88. The third-order valence-corrected chi connectivity index (χ3v) is 4.67. The molecule has 1 heterocycles. The quantitative estimate of drug-likeness (QED) is 0.504. The molecule has 28 heavy (non-hydrogen) atoms. The summed E-state index contributed by atoms with van der Waals surface area (Å²) in [4.78, 5) is 14.9. The van der Waals surface area contributed by atoms with Gasteiger partial charge in [0.2, 0.25) is 0 Å². The van der Waals surface area contributed by atoms with Crippen molar-refractivity contribution in [1.29, 1.82) is 0 Å². The molecule has 0 unspecified atom stereocenters. The highest BCUT2D eigenvalue weighted by atomic mass is 16.2. The number of nitrogens with zero attached hydrogens (tertiary/aromatic N) is 3. The minimum absolute atomic E-state index is 0.0793. The van der Waals surface area contributed by atoms with Gasteiger partial charge in [0.05, 0.1) is 12.1 Å². The lowest BCUT2D eigenvalue weighted by Gasteiger charge is -2.17. The van der Waals surface area contributed by atoms with Crippen molar-refractivity contribution in [1.82, 2.24) is 9.78 Å². The van der Waals surface area contributed by atoms with Crippen molar-refractivity contribution in [2.24, 2.45) is 0 Å². The number of carbonyl (C=O) groups excluding carboxylic acids is 1. The number of hydrogen-bond acceptors (Lipinski definition) is 2. The molecule has 4 rings (SSSR count). The SMILES string of the molecule is CN(C(=O)c1cn(Cc2ccccc2)nc1-c1ccccc1)c1ccccc1. The zero-order valence-corrected chi connectivity index (χ0v) is 15.7. The Morgan fingerprint density at radius 3 is 2.07 bits per heavy atom. The van der Waals surface area contributed by atoms with Gasteiger partial charge in [0.25, 0.3) is 5.91 Å². The molecule has 1 amide bonds. The summed E-state index contributed by atoms with van der Waals surface area (Å²) in [6.07, 6.45) is 1.84. The number of aromatic nitrogens is 2. The summed E-state index contributed by atoms with van der Waals surface area (Å²) in [7, 11) is 1.79. The molecular weight excluding hydrogens is 346 g/mol. The maximum atomic E-state index is 13.3. The summed E-state index contributed by atoms with van der Waals surface area (Å²) in [6.45, 7) is 0.614. The highest BCUT2D eigenvalue weighted by molar-refractivity contribution is 6.09. The summed E-state index contributed by atoms with van der Waals surface area (Å²) in [5.41, 5.74) is 4.21. The van der Waals surface area contributed by atoms with Crippen LogP contribution in [0.2, 0.25) is 0 Å². The Bertz CT molecular complexity index is 1060. The fourth-order valence-corrected chi connectivity index (χ4v) is 3.19. The molecule has 0 radical (unpaired) electrons. The van der Waals surface area contributed by atoms with Gasteiger partial charge in [-0.2, -0.15) is 5.10 Å². The molecule has 0 aliphatic heterocycles. The van der Waals surface area contributed by atoms with Gasteiger partial charge < -0.3 is 4.90 Å². The highest BCUT2D eigenvalue weighted by Gasteiger charge is 2.22. The molecule has 138 valence electrons. The molecule has 3 aromatic carbocycles. The second-order valence-corrected chi connectivity index (χ2v) is 6.64. The van der Waals surface area contributed by atoms with E-state index < -0.39 is 0 Å². The smallest absolute Gasteiger partial charge is 0.261 e. The maximum absolute atomic E-state index is 13.3. The number of benzene rings is 3. The lowest BCUT2D eigenvalue weighted by Crippen LogP contribution is -2.26. The monoisotopic (exact) mass is 367 g/mol. The van der Waals surface area contributed by atoms with Crippen LogP contribution in [-0.2, 0) is 6.54 Å². The first-order valence-electron chi connectivity index (χ1n) is 9.22. The van der Waals surface area contributed by atoms with Crippen molar-refractivity contribution >= 4 is 11.6 Å². The van der Waals surface area contributed by atoms with Gasteiger partial charge in [-0.3, -0.25) is 9.48 Å². The Labute approximate surface area is 164 Å². The van der Waals surface area contributed by atoms with Crippen molar-refractivity contribution in [2.45, 2.75) is 6.54 Å². The van der Waals surface area contributed by atoms with E-state index in [0.717, 1.165) is 16.8 Å². The van der Waals surface area contributed by atoms with Gasteiger partial charge >= 0.3 is 0 Å². The molecule has 0 fully saturated rings. The van der Waals surface area contributed by atoms with Gasteiger partial charge in [-0.15, -0.1) is 0 Å². The molecule has 4 nitrogen and oxygen atoms in total. The molecule has 0 saturated heterocycles. The number of anilines is 1. The lowest BCUT2D eigenvalue weighted by molar-refractivity contribution is 0.0993. The lowest BCUT2D eigenvalue weighted by atomic mass is 10.1. The van der Waals surface area contributed by atoms with Crippen LogP contribution in [-0.4, -0.2) is 22.7 Å². The first kappa shape index (κ1) is 17.7. The standard InChI is InChI=1S/C24H21N3O/c1-26(21-15-9-4-10-16-21)24(28)22-18-27(17-19-11-5-2-6-12-19)25-23(22)20-13-7-3-8-14-20/h2-16,18H,17H2,1H3. The first-order valence-corrected chi connectivity index (χ1v) is 9.22. The molecule has 0 aliphatic carbocycles. The van der Waals surface area contributed by atoms with Crippen LogP contribution >= 0.6 is 0 Å². The van der Waals surface area contributed by atoms with Gasteiger partial charge in [-0.1, -0.05) is 78.9 Å². The zero-order chi connectivity index (χ0) is 19.3. The predicted molar refractivity (Wildman–Crippen MR) is 112 cm³/mol. The Morgan fingerprint density at radius 2 is 1.43 bits per heavy atom. The van der Waals surface area contributed by atoms with Crippen molar-refractivity contribution in [3.63, 3.8) is 0 Å². The Morgan fingerprint density at radius 1 is 0.857 bits per heavy atom. The van der Waals surface area contributed by atoms with Gasteiger partial charge in [0, 0.05) is 24.5 Å². The summed E-state index contributed by atoms with van der Waals surface area (Å²) in [6, 6.07) is 29.6. The number of hydrogen-bond donors (Lipinski definition) is 0. The van der Waals surface area contributed by atoms with Crippen LogP contribution in [0.25, 0.3) is 11.3 Å². The van der Waals surface area contributed by atoms with E-state index in [-0.39, 0.29) is 5.91 Å². The van der Waals surface area contributed by atoms with E-state index in [2.05, 4.69) is 12.1 Å². The highest BCUT2D eigenvalue weighted by Crippen LogP contribution is 2.25. The molecular formula is C24H21N3O. The van der Waals surface area contributed by atoms with E-state index in [1.807, 2.05) is 89.7 Å². The molecule has 0 spiro atoms. The average Bonchev–Trinajstić information content (AvgIpc) is 3.18. The summed E-state index contributed by atoms with van der Waals surface area (Å²) in [5.74, 6) is -0.0793. The number of amides is 1.